The van der Waals surface area contributed by atoms with E-state index in [4.69, 9.17) is 5.73 Å². The molecular formula is C9H8N2O3. The maximum Gasteiger partial charge on any atom is 0.333 e. The minimum absolute atomic E-state index is 0.568. The first-order chi connectivity index (χ1) is 6.61. The highest BCUT2D eigenvalue weighted by molar-refractivity contribution is 5.93. The number of nitro groups is 1. The van der Waals surface area contributed by atoms with E-state index in [0.717, 1.165) is 6.08 Å². The van der Waals surface area contributed by atoms with Crippen molar-refractivity contribution in [3.8, 4) is 0 Å². The zero-order valence-electron chi connectivity index (χ0n) is 7.21. The third kappa shape index (κ3) is 2.41. The van der Waals surface area contributed by atoms with Gasteiger partial charge in [0.1, 0.15) is 0 Å². The Hall–Kier alpha value is -2.17. The second-order valence-electron chi connectivity index (χ2n) is 2.56. The summed E-state index contributed by atoms with van der Waals surface area (Å²) in [5.74, 6) is -1.04. The summed E-state index contributed by atoms with van der Waals surface area (Å²) in [5.41, 5.74) is 4.79. The third-order valence-electron chi connectivity index (χ3n) is 1.55. The number of hydrogen-bond donors (Lipinski definition) is 1. The standard InChI is InChI=1S/C9H8N2O3/c10-9(12)8(11(13)14)6-7-4-2-1-3-5-7/h1-6H,(H2,10,12)/b8-6+. The van der Waals surface area contributed by atoms with Crippen molar-refractivity contribution in [2.24, 2.45) is 5.73 Å². The molecule has 0 unspecified atom stereocenters. The first kappa shape index (κ1) is 9.91. The molecule has 5 heteroatoms. The maximum atomic E-state index is 10.7. The Morgan fingerprint density at radius 1 is 1.36 bits per heavy atom. The van der Waals surface area contributed by atoms with Crippen LogP contribution in [-0.2, 0) is 4.79 Å². The molecular weight excluding hydrogens is 184 g/mol. The molecule has 1 aromatic rings. The van der Waals surface area contributed by atoms with Crippen LogP contribution in [0.15, 0.2) is 36.0 Å². The van der Waals surface area contributed by atoms with Crippen molar-refractivity contribution >= 4 is 12.0 Å². The van der Waals surface area contributed by atoms with Crippen LogP contribution < -0.4 is 5.73 Å². The van der Waals surface area contributed by atoms with E-state index in [1.807, 2.05) is 0 Å². The highest BCUT2D eigenvalue weighted by Gasteiger charge is 2.17. The first-order valence-electron chi connectivity index (χ1n) is 3.82. The molecule has 1 rings (SSSR count). The minimum atomic E-state index is -1.04. The van der Waals surface area contributed by atoms with Crippen LogP contribution in [0.3, 0.4) is 0 Å². The van der Waals surface area contributed by atoms with Crippen molar-refractivity contribution in [1.82, 2.24) is 0 Å². The highest BCUT2D eigenvalue weighted by Crippen LogP contribution is 2.06. The number of primary amides is 1. The number of rotatable bonds is 3. The quantitative estimate of drug-likeness (QED) is 0.436. The fourth-order valence-electron chi connectivity index (χ4n) is 0.921. The summed E-state index contributed by atoms with van der Waals surface area (Å²) in [6.45, 7) is 0. The summed E-state index contributed by atoms with van der Waals surface area (Å²) in [7, 11) is 0. The molecule has 72 valence electrons. The van der Waals surface area contributed by atoms with Gasteiger partial charge in [-0.15, -0.1) is 0 Å². The Balaban J connectivity index is 3.06. The smallest absolute Gasteiger partial charge is 0.333 e. The number of amides is 1. The monoisotopic (exact) mass is 192 g/mol. The second-order valence-corrected chi connectivity index (χ2v) is 2.56. The molecule has 1 amide bonds. The molecule has 1 aromatic carbocycles. The Bertz CT molecular complexity index is 368. The number of carbonyl (C=O) groups excluding carboxylic acids is 1. The lowest BCUT2D eigenvalue weighted by atomic mass is 10.2. The van der Waals surface area contributed by atoms with E-state index in [9.17, 15) is 14.9 Å². The van der Waals surface area contributed by atoms with Crippen LogP contribution in [0.25, 0.3) is 6.08 Å². The van der Waals surface area contributed by atoms with Gasteiger partial charge in [0.25, 0.3) is 0 Å². The highest BCUT2D eigenvalue weighted by atomic mass is 16.6. The van der Waals surface area contributed by atoms with Crippen LogP contribution in [0, 0.1) is 10.1 Å². The minimum Gasteiger partial charge on any atom is -0.360 e. The van der Waals surface area contributed by atoms with E-state index < -0.39 is 16.5 Å². The van der Waals surface area contributed by atoms with Gasteiger partial charge < -0.3 is 5.73 Å². The molecule has 0 saturated carbocycles. The van der Waals surface area contributed by atoms with Crippen LogP contribution in [0.2, 0.25) is 0 Å². The van der Waals surface area contributed by atoms with Crippen LogP contribution in [0.1, 0.15) is 5.56 Å². The molecule has 0 aliphatic heterocycles. The normalized spacial score (nSPS) is 11.0. The topological polar surface area (TPSA) is 86.2 Å². The zero-order chi connectivity index (χ0) is 10.6. The van der Waals surface area contributed by atoms with Crippen molar-refractivity contribution in [3.05, 3.63) is 51.7 Å². The average molecular weight is 192 g/mol. The van der Waals surface area contributed by atoms with Gasteiger partial charge in [-0.25, -0.2) is 0 Å². The molecule has 0 aliphatic carbocycles. The van der Waals surface area contributed by atoms with Crippen LogP contribution >= 0.6 is 0 Å². The van der Waals surface area contributed by atoms with E-state index in [2.05, 4.69) is 0 Å². The number of hydrogen-bond acceptors (Lipinski definition) is 3. The lowest BCUT2D eigenvalue weighted by molar-refractivity contribution is -0.417. The van der Waals surface area contributed by atoms with Gasteiger partial charge in [0.15, 0.2) is 0 Å². The van der Waals surface area contributed by atoms with Crippen LogP contribution in [0.4, 0.5) is 0 Å². The molecule has 0 spiro atoms. The fourth-order valence-corrected chi connectivity index (χ4v) is 0.921. The van der Waals surface area contributed by atoms with Gasteiger partial charge in [-0.05, 0) is 5.56 Å². The van der Waals surface area contributed by atoms with Crippen LogP contribution in [-0.4, -0.2) is 10.8 Å². The molecule has 0 aromatic heterocycles. The Labute approximate surface area is 80.0 Å². The third-order valence-corrected chi connectivity index (χ3v) is 1.55. The molecule has 0 heterocycles. The molecule has 0 bridgehead atoms. The summed E-state index contributed by atoms with van der Waals surface area (Å²) in [6, 6.07) is 8.49. The SMILES string of the molecule is NC(=O)/C(=C\c1ccccc1)[N+](=O)[O-]. The zero-order valence-corrected chi connectivity index (χ0v) is 7.21. The molecule has 0 aliphatic rings. The molecule has 14 heavy (non-hydrogen) atoms. The predicted molar refractivity (Wildman–Crippen MR) is 50.6 cm³/mol. The van der Waals surface area contributed by atoms with Gasteiger partial charge in [0.2, 0.25) is 0 Å². The molecule has 0 saturated heterocycles. The van der Waals surface area contributed by atoms with Gasteiger partial charge >= 0.3 is 11.6 Å². The van der Waals surface area contributed by atoms with Crippen molar-refractivity contribution < 1.29 is 9.72 Å². The summed E-state index contributed by atoms with van der Waals surface area (Å²) < 4.78 is 0. The van der Waals surface area contributed by atoms with E-state index >= 15 is 0 Å². The second kappa shape index (κ2) is 4.18. The van der Waals surface area contributed by atoms with Gasteiger partial charge in [0.05, 0.1) is 4.92 Å². The summed E-state index contributed by atoms with van der Waals surface area (Å²) in [6.07, 6.45) is 1.14. The predicted octanol–water partition coefficient (Wildman–Crippen LogP) is 0.790. The first-order valence-corrected chi connectivity index (χ1v) is 3.82. The number of carbonyl (C=O) groups is 1. The summed E-state index contributed by atoms with van der Waals surface area (Å²) >= 11 is 0. The largest absolute Gasteiger partial charge is 0.360 e. The van der Waals surface area contributed by atoms with Crippen molar-refractivity contribution in [2.45, 2.75) is 0 Å². The van der Waals surface area contributed by atoms with E-state index in [1.54, 1.807) is 30.3 Å². The lowest BCUT2D eigenvalue weighted by Crippen LogP contribution is -2.19. The Morgan fingerprint density at radius 3 is 2.36 bits per heavy atom. The average Bonchev–Trinajstić information content (AvgIpc) is 2.15. The van der Waals surface area contributed by atoms with Gasteiger partial charge in [-0.1, -0.05) is 30.3 Å². The van der Waals surface area contributed by atoms with Gasteiger partial charge in [0, 0.05) is 6.08 Å². The number of benzene rings is 1. The van der Waals surface area contributed by atoms with Gasteiger partial charge in [-0.2, -0.15) is 0 Å². The van der Waals surface area contributed by atoms with Crippen molar-refractivity contribution in [1.29, 1.82) is 0 Å². The molecule has 0 radical (unpaired) electrons. The molecule has 5 nitrogen and oxygen atoms in total. The van der Waals surface area contributed by atoms with Crippen LogP contribution in [0.5, 0.6) is 0 Å². The van der Waals surface area contributed by atoms with E-state index in [-0.39, 0.29) is 0 Å². The Morgan fingerprint density at radius 2 is 1.93 bits per heavy atom. The van der Waals surface area contributed by atoms with Crippen molar-refractivity contribution in [3.63, 3.8) is 0 Å². The fraction of sp³-hybridized carbons (Fsp3) is 0. The van der Waals surface area contributed by atoms with E-state index in [1.165, 1.54) is 0 Å². The molecule has 0 fully saturated rings. The van der Waals surface area contributed by atoms with E-state index in [0.29, 0.717) is 5.56 Å². The van der Waals surface area contributed by atoms with Gasteiger partial charge in [-0.3, -0.25) is 14.9 Å². The summed E-state index contributed by atoms with van der Waals surface area (Å²) in [5, 5.41) is 10.4. The molecule has 0 atom stereocenters. The lowest BCUT2D eigenvalue weighted by Gasteiger charge is -1.93. The number of nitrogens with zero attached hydrogens (tertiary/aromatic N) is 1. The number of nitrogens with two attached hydrogens (primary N) is 1. The Kier molecular flexibility index (Phi) is 2.96. The molecule has 2 N–H and O–H groups in total. The van der Waals surface area contributed by atoms with Crippen molar-refractivity contribution in [2.75, 3.05) is 0 Å². The summed E-state index contributed by atoms with van der Waals surface area (Å²) in [4.78, 5) is 20.2. The maximum absolute atomic E-state index is 10.7.